The fraction of sp³-hybridized carbons (Fsp3) is 0.429. The van der Waals surface area contributed by atoms with E-state index in [9.17, 15) is 4.79 Å². The quantitative estimate of drug-likeness (QED) is 0.909. The van der Waals surface area contributed by atoms with Crippen LogP contribution in [-0.2, 0) is 4.79 Å². The Bertz CT molecular complexity index is 631. The van der Waals surface area contributed by atoms with Crippen molar-refractivity contribution in [3.63, 3.8) is 0 Å². The molecule has 0 unspecified atom stereocenters. The number of carbonyl (C=O) groups excluding carboxylic acids is 1. The summed E-state index contributed by atoms with van der Waals surface area (Å²) in [5, 5.41) is 3.89. The van der Waals surface area contributed by atoms with Crippen molar-refractivity contribution < 1.29 is 4.79 Å². The molecule has 1 aliphatic heterocycles. The van der Waals surface area contributed by atoms with Crippen molar-refractivity contribution in [2.75, 3.05) is 23.3 Å². The molecule has 1 aromatic heterocycles. The zero-order valence-electron chi connectivity index (χ0n) is 11.4. The van der Waals surface area contributed by atoms with Crippen LogP contribution in [0.2, 0.25) is 0 Å². The lowest BCUT2D eigenvalue weighted by molar-refractivity contribution is -0.117. The van der Waals surface area contributed by atoms with Crippen LogP contribution in [-0.4, -0.2) is 30.0 Å². The molecule has 2 heterocycles. The van der Waals surface area contributed by atoms with Gasteiger partial charge in [-0.15, -0.1) is 0 Å². The second kappa shape index (κ2) is 5.38. The van der Waals surface area contributed by atoms with Crippen LogP contribution in [0.25, 0.3) is 10.2 Å². The van der Waals surface area contributed by atoms with Gasteiger partial charge in [-0.2, -0.15) is 0 Å². The summed E-state index contributed by atoms with van der Waals surface area (Å²) >= 11 is 1.68. The molecule has 0 spiro atoms. The summed E-state index contributed by atoms with van der Waals surface area (Å²) in [5.41, 5.74) is 7.31. The number of nitrogens with one attached hydrogen (secondary N) is 1. The van der Waals surface area contributed by atoms with Crippen LogP contribution in [0.5, 0.6) is 0 Å². The fourth-order valence-corrected chi connectivity index (χ4v) is 3.35. The smallest absolute Gasteiger partial charge is 0.240 e. The molecule has 3 rings (SSSR count). The Morgan fingerprint density at radius 3 is 2.90 bits per heavy atom. The molecule has 1 saturated heterocycles. The van der Waals surface area contributed by atoms with E-state index >= 15 is 0 Å². The molecule has 0 radical (unpaired) electrons. The number of hydrogen-bond donors (Lipinski definition) is 2. The van der Waals surface area contributed by atoms with Gasteiger partial charge in [0.25, 0.3) is 0 Å². The zero-order chi connectivity index (χ0) is 14.1. The third kappa shape index (κ3) is 2.62. The molecule has 20 heavy (non-hydrogen) atoms. The van der Waals surface area contributed by atoms with Gasteiger partial charge in [0.15, 0.2) is 5.13 Å². The number of nitrogens with zero attached hydrogens (tertiary/aromatic N) is 2. The molecular weight excluding hydrogens is 272 g/mol. The third-order valence-electron chi connectivity index (χ3n) is 3.43. The van der Waals surface area contributed by atoms with Gasteiger partial charge in [0, 0.05) is 18.8 Å². The van der Waals surface area contributed by atoms with Gasteiger partial charge in [-0.05, 0) is 38.0 Å². The van der Waals surface area contributed by atoms with Crippen LogP contribution in [0.4, 0.5) is 10.8 Å². The number of benzene rings is 1. The standard InChI is InChI=1S/C14H18N4OS/c1-9(15)13(19)16-10-4-5-11-12(8-10)20-14(17-11)18-6-2-3-7-18/h4-5,8-9H,2-3,6-7,15H2,1H3,(H,16,19)/t9-/m0/s1. The van der Waals surface area contributed by atoms with Crippen LogP contribution in [0.15, 0.2) is 18.2 Å². The Hall–Kier alpha value is -1.66. The van der Waals surface area contributed by atoms with Crippen LogP contribution in [0.3, 0.4) is 0 Å². The first-order valence-corrected chi connectivity index (χ1v) is 7.67. The van der Waals surface area contributed by atoms with Crippen LogP contribution in [0.1, 0.15) is 19.8 Å². The van der Waals surface area contributed by atoms with Gasteiger partial charge in [-0.25, -0.2) is 4.98 Å². The highest BCUT2D eigenvalue weighted by molar-refractivity contribution is 7.22. The van der Waals surface area contributed by atoms with Gasteiger partial charge < -0.3 is 16.0 Å². The Labute approximate surface area is 121 Å². The largest absolute Gasteiger partial charge is 0.348 e. The molecule has 1 amide bonds. The molecule has 5 nitrogen and oxygen atoms in total. The molecule has 106 valence electrons. The second-order valence-electron chi connectivity index (χ2n) is 5.15. The summed E-state index contributed by atoms with van der Waals surface area (Å²) in [5.74, 6) is -0.173. The lowest BCUT2D eigenvalue weighted by Crippen LogP contribution is -2.32. The van der Waals surface area contributed by atoms with E-state index in [0.29, 0.717) is 0 Å². The lowest BCUT2D eigenvalue weighted by atomic mass is 10.2. The Morgan fingerprint density at radius 1 is 1.45 bits per heavy atom. The summed E-state index contributed by atoms with van der Waals surface area (Å²) in [6, 6.07) is 5.28. The van der Waals surface area contributed by atoms with E-state index in [0.717, 1.165) is 34.1 Å². The van der Waals surface area contributed by atoms with E-state index < -0.39 is 6.04 Å². The summed E-state index contributed by atoms with van der Waals surface area (Å²) in [4.78, 5) is 18.6. The maximum absolute atomic E-state index is 11.6. The first-order chi connectivity index (χ1) is 9.63. The van der Waals surface area contributed by atoms with Crippen molar-refractivity contribution in [3.05, 3.63) is 18.2 Å². The first kappa shape index (κ1) is 13.3. The molecule has 0 saturated carbocycles. The minimum absolute atomic E-state index is 0.173. The van der Waals surface area contributed by atoms with Crippen LogP contribution in [0, 0.1) is 0 Å². The van der Waals surface area contributed by atoms with E-state index in [2.05, 4.69) is 15.2 Å². The summed E-state index contributed by atoms with van der Waals surface area (Å²) < 4.78 is 1.09. The summed E-state index contributed by atoms with van der Waals surface area (Å²) in [6.07, 6.45) is 2.48. The van der Waals surface area contributed by atoms with E-state index in [1.54, 1.807) is 18.3 Å². The van der Waals surface area contributed by atoms with Gasteiger partial charge in [0.1, 0.15) is 0 Å². The number of rotatable bonds is 3. The van der Waals surface area contributed by atoms with E-state index in [-0.39, 0.29) is 5.91 Å². The van der Waals surface area contributed by atoms with E-state index in [1.165, 1.54) is 12.8 Å². The maximum Gasteiger partial charge on any atom is 0.240 e. The number of thiazole rings is 1. The first-order valence-electron chi connectivity index (χ1n) is 6.85. The second-order valence-corrected chi connectivity index (χ2v) is 6.16. The Balaban J connectivity index is 1.85. The highest BCUT2D eigenvalue weighted by atomic mass is 32.1. The highest BCUT2D eigenvalue weighted by Gasteiger charge is 2.16. The number of amides is 1. The van der Waals surface area contributed by atoms with E-state index in [1.807, 2.05) is 18.2 Å². The molecule has 1 aliphatic rings. The van der Waals surface area contributed by atoms with Gasteiger partial charge in [-0.1, -0.05) is 11.3 Å². The molecule has 3 N–H and O–H groups in total. The minimum Gasteiger partial charge on any atom is -0.348 e. The molecule has 2 aromatic rings. The maximum atomic E-state index is 11.6. The molecule has 1 aromatic carbocycles. The number of nitrogens with two attached hydrogens (primary N) is 1. The van der Waals surface area contributed by atoms with Crippen molar-refractivity contribution in [2.24, 2.45) is 5.73 Å². The Kier molecular flexibility index (Phi) is 3.58. The number of aromatic nitrogens is 1. The third-order valence-corrected chi connectivity index (χ3v) is 4.51. The SMILES string of the molecule is C[C@H](N)C(=O)Nc1ccc2nc(N3CCCC3)sc2c1. The topological polar surface area (TPSA) is 71.2 Å². The predicted molar refractivity (Wildman–Crippen MR) is 83.3 cm³/mol. The normalized spacial score (nSPS) is 16.6. The van der Waals surface area contributed by atoms with Crippen molar-refractivity contribution in [2.45, 2.75) is 25.8 Å². The number of fused-ring (bicyclic) bond motifs is 1. The van der Waals surface area contributed by atoms with Gasteiger partial charge in [0.05, 0.1) is 16.3 Å². The minimum atomic E-state index is -0.507. The number of carbonyl (C=O) groups is 1. The monoisotopic (exact) mass is 290 g/mol. The van der Waals surface area contributed by atoms with Crippen molar-refractivity contribution in [1.82, 2.24) is 4.98 Å². The average Bonchev–Trinajstić information content (AvgIpc) is 3.06. The van der Waals surface area contributed by atoms with Crippen molar-refractivity contribution >= 4 is 38.3 Å². The van der Waals surface area contributed by atoms with Gasteiger partial charge >= 0.3 is 0 Å². The van der Waals surface area contributed by atoms with E-state index in [4.69, 9.17) is 5.73 Å². The average molecular weight is 290 g/mol. The molecule has 1 atom stereocenters. The molecule has 6 heteroatoms. The predicted octanol–water partition coefficient (Wildman–Crippen LogP) is 2.18. The van der Waals surface area contributed by atoms with Gasteiger partial charge in [0.2, 0.25) is 5.91 Å². The van der Waals surface area contributed by atoms with Gasteiger partial charge in [-0.3, -0.25) is 4.79 Å². The van der Waals surface area contributed by atoms with Crippen LogP contribution >= 0.6 is 11.3 Å². The molecular formula is C14H18N4OS. The van der Waals surface area contributed by atoms with Crippen LogP contribution < -0.4 is 16.0 Å². The number of anilines is 2. The summed E-state index contributed by atoms with van der Waals surface area (Å²) in [6.45, 7) is 3.86. The Morgan fingerprint density at radius 2 is 2.20 bits per heavy atom. The van der Waals surface area contributed by atoms with Crippen molar-refractivity contribution in [3.8, 4) is 0 Å². The molecule has 0 bridgehead atoms. The number of hydrogen-bond acceptors (Lipinski definition) is 5. The fourth-order valence-electron chi connectivity index (χ4n) is 2.29. The lowest BCUT2D eigenvalue weighted by Gasteiger charge is -2.11. The highest BCUT2D eigenvalue weighted by Crippen LogP contribution is 2.32. The molecule has 0 aliphatic carbocycles. The zero-order valence-corrected chi connectivity index (χ0v) is 12.2. The molecule has 1 fully saturated rings. The summed E-state index contributed by atoms with van der Waals surface area (Å²) in [7, 11) is 0. The van der Waals surface area contributed by atoms with Crippen molar-refractivity contribution in [1.29, 1.82) is 0 Å².